The third-order valence-corrected chi connectivity index (χ3v) is 4.06. The Kier molecular flexibility index (Phi) is 3.07. The number of hydrogen-bond donors (Lipinski definition) is 1. The average Bonchev–Trinajstić information content (AvgIpc) is 2.93. The van der Waals surface area contributed by atoms with Gasteiger partial charge in [0.25, 0.3) is 0 Å². The van der Waals surface area contributed by atoms with Gasteiger partial charge in [-0.1, -0.05) is 18.6 Å². The van der Waals surface area contributed by atoms with Crippen molar-refractivity contribution in [3.63, 3.8) is 0 Å². The van der Waals surface area contributed by atoms with Gasteiger partial charge >= 0.3 is 0 Å². The Balaban J connectivity index is 1.61. The van der Waals surface area contributed by atoms with Gasteiger partial charge in [-0.25, -0.2) is 0 Å². The first-order valence-corrected chi connectivity index (χ1v) is 7.38. The highest BCUT2D eigenvalue weighted by molar-refractivity contribution is 5.93. The number of hydrogen-bond acceptors (Lipinski definition) is 4. The van der Waals surface area contributed by atoms with E-state index in [1.54, 1.807) is 10.8 Å². The Bertz CT molecular complexity index is 837. The van der Waals surface area contributed by atoms with E-state index in [0.29, 0.717) is 5.65 Å². The smallest absolute Gasteiger partial charge is 0.227 e. The molecule has 6 heteroatoms. The summed E-state index contributed by atoms with van der Waals surface area (Å²) in [5.74, 6) is 0.292. The summed E-state index contributed by atoms with van der Waals surface area (Å²) in [7, 11) is 0. The fourth-order valence-electron chi connectivity index (χ4n) is 2.55. The van der Waals surface area contributed by atoms with Crippen LogP contribution in [0.25, 0.3) is 16.9 Å². The Labute approximate surface area is 127 Å². The summed E-state index contributed by atoms with van der Waals surface area (Å²) in [4.78, 5) is 12.0. The topological polar surface area (TPSA) is 72.2 Å². The van der Waals surface area contributed by atoms with Gasteiger partial charge in [0.05, 0.1) is 5.69 Å². The van der Waals surface area contributed by atoms with Gasteiger partial charge in [0.1, 0.15) is 6.33 Å². The molecule has 1 fully saturated rings. The first-order chi connectivity index (χ1) is 10.8. The minimum atomic E-state index is 0.116. The van der Waals surface area contributed by atoms with Crippen LogP contribution in [-0.4, -0.2) is 25.7 Å². The van der Waals surface area contributed by atoms with Crippen LogP contribution in [0.2, 0.25) is 0 Å². The molecule has 0 radical (unpaired) electrons. The molecule has 1 aliphatic carbocycles. The molecule has 110 valence electrons. The molecular formula is C16H15N5O. The largest absolute Gasteiger partial charge is 0.326 e. The van der Waals surface area contributed by atoms with Crippen LogP contribution in [0.1, 0.15) is 19.3 Å². The molecule has 4 rings (SSSR count). The second kappa shape index (κ2) is 5.22. The molecule has 0 unspecified atom stereocenters. The lowest BCUT2D eigenvalue weighted by molar-refractivity contribution is -0.122. The van der Waals surface area contributed by atoms with Gasteiger partial charge in [-0.2, -0.15) is 9.61 Å². The molecule has 0 atom stereocenters. The molecule has 1 amide bonds. The number of nitrogens with one attached hydrogen (secondary N) is 1. The van der Waals surface area contributed by atoms with Gasteiger partial charge in [-0.15, -0.1) is 10.2 Å². The van der Waals surface area contributed by atoms with E-state index >= 15 is 0 Å². The zero-order valence-electron chi connectivity index (χ0n) is 11.9. The summed E-state index contributed by atoms with van der Waals surface area (Å²) in [6.07, 6.45) is 4.72. The number of rotatable bonds is 3. The number of benzene rings is 1. The molecule has 2 aromatic heterocycles. The predicted octanol–water partition coefficient (Wildman–Crippen LogP) is 2.53. The Hall–Kier alpha value is -2.76. The molecule has 0 spiro atoms. The molecule has 0 aliphatic heterocycles. The molecule has 22 heavy (non-hydrogen) atoms. The van der Waals surface area contributed by atoms with E-state index in [0.717, 1.165) is 36.2 Å². The summed E-state index contributed by atoms with van der Waals surface area (Å²) >= 11 is 0. The lowest BCUT2D eigenvalue weighted by Crippen LogP contribution is -2.27. The second-order valence-electron chi connectivity index (χ2n) is 5.55. The van der Waals surface area contributed by atoms with Crippen molar-refractivity contribution in [2.45, 2.75) is 19.3 Å². The highest BCUT2D eigenvalue weighted by atomic mass is 16.1. The highest BCUT2D eigenvalue weighted by Gasteiger charge is 2.25. The van der Waals surface area contributed by atoms with Gasteiger partial charge in [0.15, 0.2) is 5.65 Å². The maximum absolute atomic E-state index is 12.0. The first-order valence-electron chi connectivity index (χ1n) is 7.38. The number of anilines is 1. The van der Waals surface area contributed by atoms with Crippen LogP contribution < -0.4 is 5.32 Å². The summed E-state index contributed by atoms with van der Waals surface area (Å²) in [6.45, 7) is 0. The number of fused-ring (bicyclic) bond motifs is 1. The number of nitrogens with zero attached hydrogens (tertiary/aromatic N) is 4. The normalized spacial score (nSPS) is 14.7. The van der Waals surface area contributed by atoms with Crippen LogP contribution in [0, 0.1) is 5.92 Å². The van der Waals surface area contributed by atoms with Crippen molar-refractivity contribution >= 4 is 17.2 Å². The predicted molar refractivity (Wildman–Crippen MR) is 82.2 cm³/mol. The summed E-state index contributed by atoms with van der Waals surface area (Å²) < 4.78 is 1.63. The van der Waals surface area contributed by atoms with Gasteiger partial charge in [0, 0.05) is 17.2 Å². The van der Waals surface area contributed by atoms with Crippen molar-refractivity contribution in [3.05, 3.63) is 42.7 Å². The maximum atomic E-state index is 12.0. The summed E-state index contributed by atoms with van der Waals surface area (Å²) in [5, 5.41) is 15.2. The van der Waals surface area contributed by atoms with Crippen molar-refractivity contribution in [1.82, 2.24) is 19.8 Å². The van der Waals surface area contributed by atoms with Crippen LogP contribution in [0.3, 0.4) is 0 Å². The lowest BCUT2D eigenvalue weighted by Gasteiger charge is -2.24. The van der Waals surface area contributed by atoms with Gasteiger partial charge in [-0.3, -0.25) is 4.79 Å². The second-order valence-corrected chi connectivity index (χ2v) is 5.55. The Morgan fingerprint density at radius 3 is 2.95 bits per heavy atom. The quantitative estimate of drug-likeness (QED) is 0.805. The monoisotopic (exact) mass is 293 g/mol. The van der Waals surface area contributed by atoms with E-state index in [4.69, 9.17) is 0 Å². The number of carbonyl (C=O) groups is 1. The molecule has 6 nitrogen and oxygen atoms in total. The number of aromatic nitrogens is 4. The molecule has 1 N–H and O–H groups in total. The molecule has 1 aliphatic rings. The number of carbonyl (C=O) groups excluding carboxylic acids is 1. The van der Waals surface area contributed by atoms with Crippen LogP contribution in [0.5, 0.6) is 0 Å². The molecular weight excluding hydrogens is 278 g/mol. The fourth-order valence-corrected chi connectivity index (χ4v) is 2.55. The van der Waals surface area contributed by atoms with E-state index in [2.05, 4.69) is 20.6 Å². The zero-order valence-corrected chi connectivity index (χ0v) is 11.9. The van der Waals surface area contributed by atoms with Crippen molar-refractivity contribution in [1.29, 1.82) is 0 Å². The van der Waals surface area contributed by atoms with Crippen LogP contribution in [0.15, 0.2) is 42.7 Å². The summed E-state index contributed by atoms with van der Waals surface area (Å²) in [5.41, 5.74) is 3.27. The van der Waals surface area contributed by atoms with Crippen molar-refractivity contribution in [3.8, 4) is 11.3 Å². The third-order valence-electron chi connectivity index (χ3n) is 4.06. The molecule has 1 aromatic carbocycles. The molecule has 0 bridgehead atoms. The van der Waals surface area contributed by atoms with E-state index in [-0.39, 0.29) is 11.8 Å². The van der Waals surface area contributed by atoms with Crippen molar-refractivity contribution < 1.29 is 4.79 Å². The number of amides is 1. The van der Waals surface area contributed by atoms with E-state index < -0.39 is 0 Å². The molecule has 0 saturated heterocycles. The Morgan fingerprint density at radius 2 is 2.14 bits per heavy atom. The molecule has 1 saturated carbocycles. The minimum absolute atomic E-state index is 0.116. The van der Waals surface area contributed by atoms with Crippen LogP contribution >= 0.6 is 0 Å². The minimum Gasteiger partial charge on any atom is -0.326 e. The van der Waals surface area contributed by atoms with Gasteiger partial charge < -0.3 is 5.32 Å². The summed E-state index contributed by atoms with van der Waals surface area (Å²) in [6, 6.07) is 11.5. The molecule has 3 aromatic rings. The first kappa shape index (κ1) is 12.9. The SMILES string of the molecule is O=C(Nc1cccc(-c2ccc3nncn3n2)c1)C1CCC1. The highest BCUT2D eigenvalue weighted by Crippen LogP contribution is 2.28. The van der Waals surface area contributed by atoms with Crippen molar-refractivity contribution in [2.24, 2.45) is 5.92 Å². The lowest BCUT2D eigenvalue weighted by atomic mass is 9.85. The Morgan fingerprint density at radius 1 is 1.23 bits per heavy atom. The van der Waals surface area contributed by atoms with Crippen molar-refractivity contribution in [2.75, 3.05) is 5.32 Å². The van der Waals surface area contributed by atoms with E-state index in [1.165, 1.54) is 0 Å². The van der Waals surface area contributed by atoms with E-state index in [9.17, 15) is 4.79 Å². The van der Waals surface area contributed by atoms with E-state index in [1.807, 2.05) is 36.4 Å². The average molecular weight is 293 g/mol. The van der Waals surface area contributed by atoms with Gasteiger partial charge in [0.2, 0.25) is 5.91 Å². The van der Waals surface area contributed by atoms with Gasteiger partial charge in [-0.05, 0) is 37.1 Å². The van der Waals surface area contributed by atoms with Crippen LogP contribution in [0.4, 0.5) is 5.69 Å². The zero-order chi connectivity index (χ0) is 14.9. The maximum Gasteiger partial charge on any atom is 0.227 e. The fraction of sp³-hybridized carbons (Fsp3) is 0.250. The standard InChI is InChI=1S/C16H15N5O/c22-16(11-3-1-4-11)18-13-6-2-5-12(9-13)14-7-8-15-19-17-10-21(15)20-14/h2,5-11H,1,3-4H2,(H,18,22). The third kappa shape index (κ3) is 2.32. The molecule has 2 heterocycles. The van der Waals surface area contributed by atoms with Crippen LogP contribution in [-0.2, 0) is 4.79 Å².